The van der Waals surface area contributed by atoms with Crippen molar-refractivity contribution in [1.29, 1.82) is 0 Å². The summed E-state index contributed by atoms with van der Waals surface area (Å²) in [5.41, 5.74) is 2.90. The zero-order valence-electron chi connectivity index (χ0n) is 13.2. The van der Waals surface area contributed by atoms with Gasteiger partial charge < -0.3 is 15.0 Å². The first-order valence-corrected chi connectivity index (χ1v) is 7.07. The van der Waals surface area contributed by atoms with Gasteiger partial charge in [0.05, 0.1) is 0 Å². The minimum Gasteiger partial charge on any atom is -0.385 e. The summed E-state index contributed by atoms with van der Waals surface area (Å²) < 4.78 is 4.93. The summed E-state index contributed by atoms with van der Waals surface area (Å²) in [6.45, 7) is 6.60. The lowest BCUT2D eigenvalue weighted by Crippen LogP contribution is -2.40. The van der Waals surface area contributed by atoms with Crippen LogP contribution >= 0.6 is 0 Å². The van der Waals surface area contributed by atoms with E-state index in [4.69, 9.17) is 4.74 Å². The summed E-state index contributed by atoms with van der Waals surface area (Å²) in [4.78, 5) is 25.3. The highest BCUT2D eigenvalue weighted by Crippen LogP contribution is 2.22. The summed E-state index contributed by atoms with van der Waals surface area (Å²) in [5.74, 6) is -0.307. The third-order valence-corrected chi connectivity index (χ3v) is 3.40. The monoisotopic (exact) mass is 292 g/mol. The van der Waals surface area contributed by atoms with Gasteiger partial charge in [0.25, 0.3) is 0 Å². The van der Waals surface area contributed by atoms with E-state index in [0.29, 0.717) is 13.2 Å². The highest BCUT2D eigenvalue weighted by molar-refractivity contribution is 5.98. The number of rotatable bonds is 7. The van der Waals surface area contributed by atoms with Gasteiger partial charge in [-0.15, -0.1) is 0 Å². The van der Waals surface area contributed by atoms with Gasteiger partial charge in [-0.25, -0.2) is 0 Å². The first kappa shape index (κ1) is 17.2. The number of nitrogens with one attached hydrogen (secondary N) is 1. The van der Waals surface area contributed by atoms with Crippen LogP contribution in [-0.2, 0) is 14.3 Å². The minimum absolute atomic E-state index is 0.0343. The number of ether oxygens (including phenoxy) is 1. The van der Waals surface area contributed by atoms with Gasteiger partial charge in [-0.2, -0.15) is 0 Å². The third-order valence-electron chi connectivity index (χ3n) is 3.40. The van der Waals surface area contributed by atoms with Crippen LogP contribution in [0, 0.1) is 13.8 Å². The Morgan fingerprint density at radius 1 is 1.29 bits per heavy atom. The number of hydrogen-bond acceptors (Lipinski definition) is 3. The van der Waals surface area contributed by atoms with Crippen molar-refractivity contribution in [1.82, 2.24) is 5.32 Å². The average molecular weight is 292 g/mol. The van der Waals surface area contributed by atoms with Gasteiger partial charge >= 0.3 is 0 Å². The molecular formula is C16H24N2O3. The predicted octanol–water partition coefficient (Wildman–Crippen LogP) is 1.81. The summed E-state index contributed by atoms with van der Waals surface area (Å²) in [6.07, 6.45) is 0.756. The fourth-order valence-corrected chi connectivity index (χ4v) is 2.04. The van der Waals surface area contributed by atoms with Crippen LogP contribution in [0.15, 0.2) is 18.2 Å². The van der Waals surface area contributed by atoms with Gasteiger partial charge in [-0.3, -0.25) is 9.59 Å². The number of nitrogens with zero attached hydrogens (tertiary/aromatic N) is 1. The highest BCUT2D eigenvalue weighted by Gasteiger charge is 2.17. The van der Waals surface area contributed by atoms with E-state index in [1.165, 1.54) is 11.8 Å². The maximum Gasteiger partial charge on any atom is 0.240 e. The maximum atomic E-state index is 11.9. The number of amides is 2. The number of carbonyl (C=O) groups excluding carboxylic acids is 2. The number of aryl methyl sites for hydroxylation is 1. The van der Waals surface area contributed by atoms with Crippen molar-refractivity contribution in [3.8, 4) is 0 Å². The van der Waals surface area contributed by atoms with Crippen LogP contribution in [0.1, 0.15) is 24.5 Å². The lowest BCUT2D eigenvalue weighted by molar-refractivity contribution is -0.123. The van der Waals surface area contributed by atoms with Gasteiger partial charge in [0.1, 0.15) is 6.54 Å². The molecule has 0 saturated heterocycles. The van der Waals surface area contributed by atoms with Crippen LogP contribution in [0.4, 0.5) is 5.69 Å². The molecule has 0 saturated carbocycles. The van der Waals surface area contributed by atoms with E-state index < -0.39 is 0 Å². The first-order chi connectivity index (χ1) is 9.97. The normalized spacial score (nSPS) is 10.3. The van der Waals surface area contributed by atoms with Crippen LogP contribution in [0.3, 0.4) is 0 Å². The molecule has 21 heavy (non-hydrogen) atoms. The Balaban J connectivity index is 2.72. The fourth-order valence-electron chi connectivity index (χ4n) is 2.04. The van der Waals surface area contributed by atoms with Gasteiger partial charge in [0.2, 0.25) is 11.8 Å². The molecule has 0 atom stereocenters. The van der Waals surface area contributed by atoms with E-state index in [9.17, 15) is 9.59 Å². The van der Waals surface area contributed by atoms with Crippen LogP contribution in [0.25, 0.3) is 0 Å². The average Bonchev–Trinajstić information content (AvgIpc) is 2.44. The molecule has 0 aliphatic rings. The molecule has 2 amide bonds. The Morgan fingerprint density at radius 3 is 2.62 bits per heavy atom. The minimum atomic E-state index is -0.165. The Bertz CT molecular complexity index is 500. The molecule has 1 aromatic rings. The molecule has 5 nitrogen and oxygen atoms in total. The molecule has 1 N–H and O–H groups in total. The molecule has 0 radical (unpaired) electrons. The van der Waals surface area contributed by atoms with Crippen molar-refractivity contribution in [3.05, 3.63) is 29.3 Å². The zero-order valence-corrected chi connectivity index (χ0v) is 13.2. The zero-order chi connectivity index (χ0) is 15.8. The van der Waals surface area contributed by atoms with Crippen molar-refractivity contribution in [2.45, 2.75) is 27.2 Å². The predicted molar refractivity (Wildman–Crippen MR) is 83.4 cm³/mol. The van der Waals surface area contributed by atoms with Crippen LogP contribution in [-0.4, -0.2) is 38.6 Å². The Hall–Kier alpha value is -1.88. The summed E-state index contributed by atoms with van der Waals surface area (Å²) in [5, 5.41) is 2.79. The van der Waals surface area contributed by atoms with Gasteiger partial charge in [-0.1, -0.05) is 12.1 Å². The highest BCUT2D eigenvalue weighted by atomic mass is 16.5. The topological polar surface area (TPSA) is 58.6 Å². The second-order valence-electron chi connectivity index (χ2n) is 5.02. The molecule has 0 spiro atoms. The quantitative estimate of drug-likeness (QED) is 0.780. The molecule has 0 aliphatic heterocycles. The van der Waals surface area contributed by atoms with E-state index in [0.717, 1.165) is 23.2 Å². The summed E-state index contributed by atoms with van der Waals surface area (Å²) >= 11 is 0. The second-order valence-corrected chi connectivity index (χ2v) is 5.02. The van der Waals surface area contributed by atoms with Gasteiger partial charge in [-0.05, 0) is 37.5 Å². The van der Waals surface area contributed by atoms with Crippen LogP contribution in [0.2, 0.25) is 0 Å². The molecule has 0 bridgehead atoms. The second kappa shape index (κ2) is 8.42. The van der Waals surface area contributed by atoms with Gasteiger partial charge in [0, 0.05) is 32.9 Å². The molecule has 0 unspecified atom stereocenters. The lowest BCUT2D eigenvalue weighted by atomic mass is 10.1. The number of carbonyl (C=O) groups is 2. The Labute approximate surface area is 126 Å². The molecular weight excluding hydrogens is 268 g/mol. The van der Waals surface area contributed by atoms with Crippen molar-refractivity contribution in [2.75, 3.05) is 31.7 Å². The van der Waals surface area contributed by atoms with E-state index in [2.05, 4.69) is 5.32 Å². The molecule has 0 aliphatic carbocycles. The smallest absolute Gasteiger partial charge is 0.240 e. The maximum absolute atomic E-state index is 11.9. The summed E-state index contributed by atoms with van der Waals surface area (Å²) in [7, 11) is 1.62. The molecule has 116 valence electrons. The molecule has 0 aromatic heterocycles. The first-order valence-electron chi connectivity index (χ1n) is 7.07. The molecule has 1 aromatic carbocycles. The number of anilines is 1. The van der Waals surface area contributed by atoms with Crippen LogP contribution < -0.4 is 10.2 Å². The van der Waals surface area contributed by atoms with E-state index in [1.807, 2.05) is 32.0 Å². The Morgan fingerprint density at radius 2 is 2.00 bits per heavy atom. The van der Waals surface area contributed by atoms with Crippen molar-refractivity contribution in [2.24, 2.45) is 0 Å². The number of methoxy groups -OCH3 is 1. The third kappa shape index (κ3) is 5.19. The van der Waals surface area contributed by atoms with Gasteiger partial charge in [0.15, 0.2) is 0 Å². The largest absolute Gasteiger partial charge is 0.385 e. The number of benzene rings is 1. The molecule has 5 heteroatoms. The van der Waals surface area contributed by atoms with Crippen molar-refractivity contribution >= 4 is 17.5 Å². The van der Waals surface area contributed by atoms with Crippen molar-refractivity contribution in [3.63, 3.8) is 0 Å². The van der Waals surface area contributed by atoms with Crippen LogP contribution in [0.5, 0.6) is 0 Å². The molecule has 0 fully saturated rings. The van der Waals surface area contributed by atoms with Crippen molar-refractivity contribution < 1.29 is 14.3 Å². The standard InChI is InChI=1S/C16H24N2O3/c1-12-7-5-8-15(13(12)2)18(14(3)19)11-16(20)17-9-6-10-21-4/h5,7-8H,6,9-11H2,1-4H3,(H,17,20). The van der Waals surface area contributed by atoms with E-state index >= 15 is 0 Å². The number of hydrogen-bond donors (Lipinski definition) is 1. The lowest BCUT2D eigenvalue weighted by Gasteiger charge is -2.23. The molecule has 0 heterocycles. The van der Waals surface area contributed by atoms with E-state index in [1.54, 1.807) is 7.11 Å². The summed E-state index contributed by atoms with van der Waals surface area (Å²) in [6, 6.07) is 5.74. The van der Waals surface area contributed by atoms with E-state index in [-0.39, 0.29) is 18.4 Å². The SMILES string of the molecule is COCCCNC(=O)CN(C(C)=O)c1cccc(C)c1C. The fraction of sp³-hybridized carbons (Fsp3) is 0.500. The molecule has 1 rings (SSSR count). The Kier molecular flexibility index (Phi) is 6.88.